The van der Waals surface area contributed by atoms with E-state index in [-0.39, 0.29) is 0 Å². The zero-order chi connectivity index (χ0) is 12.6. The highest BCUT2D eigenvalue weighted by atomic mass is 79.9. The summed E-state index contributed by atoms with van der Waals surface area (Å²) in [4.78, 5) is 0.861. The summed E-state index contributed by atoms with van der Waals surface area (Å²) in [5.41, 5.74) is -0.594. The molecule has 1 aromatic rings. The summed E-state index contributed by atoms with van der Waals surface area (Å²) in [7, 11) is 0. The first-order valence-corrected chi connectivity index (χ1v) is 7.93. The molecule has 0 aromatic carbocycles. The van der Waals surface area contributed by atoms with Gasteiger partial charge in [-0.1, -0.05) is 6.92 Å². The highest BCUT2D eigenvalue weighted by Gasteiger charge is 2.45. The summed E-state index contributed by atoms with van der Waals surface area (Å²) < 4.78 is 1.90. The molecule has 0 saturated heterocycles. The van der Waals surface area contributed by atoms with E-state index in [0.717, 1.165) is 32.4 Å². The Morgan fingerprint density at radius 2 is 2.35 bits per heavy atom. The van der Waals surface area contributed by atoms with Gasteiger partial charge in [0, 0.05) is 9.35 Å². The molecule has 5 heteroatoms. The van der Waals surface area contributed by atoms with Crippen LogP contribution in [0.2, 0.25) is 0 Å². The normalized spacial score (nSPS) is 30.2. The molecule has 0 spiro atoms. The number of nitrogens with zero attached hydrogens (tertiary/aromatic N) is 1. The molecule has 17 heavy (non-hydrogen) atoms. The number of rotatable bonds is 2. The largest absolute Gasteiger partial charge is 0.386 e. The highest BCUT2D eigenvalue weighted by molar-refractivity contribution is 9.13. The van der Waals surface area contributed by atoms with Crippen LogP contribution in [-0.2, 0) is 0 Å². The zero-order valence-electron chi connectivity index (χ0n) is 9.41. The highest BCUT2D eigenvalue weighted by Crippen LogP contribution is 2.51. The van der Waals surface area contributed by atoms with Crippen molar-refractivity contribution < 1.29 is 5.11 Å². The lowest BCUT2D eigenvalue weighted by Crippen LogP contribution is -2.23. The van der Waals surface area contributed by atoms with E-state index < -0.39 is 11.5 Å². The van der Waals surface area contributed by atoms with Gasteiger partial charge >= 0.3 is 0 Å². The van der Waals surface area contributed by atoms with E-state index in [9.17, 15) is 10.4 Å². The van der Waals surface area contributed by atoms with E-state index in [1.54, 1.807) is 0 Å². The van der Waals surface area contributed by atoms with Crippen LogP contribution in [0.4, 0.5) is 0 Å². The predicted octanol–water partition coefficient (Wildman–Crippen LogP) is 4.64. The van der Waals surface area contributed by atoms with Crippen molar-refractivity contribution in [2.24, 2.45) is 11.3 Å². The number of aliphatic hydroxyl groups excluding tert-OH is 1. The van der Waals surface area contributed by atoms with Crippen molar-refractivity contribution in [1.82, 2.24) is 0 Å². The lowest BCUT2D eigenvalue weighted by Gasteiger charge is -2.26. The lowest BCUT2D eigenvalue weighted by atomic mass is 9.80. The maximum absolute atomic E-state index is 10.5. The van der Waals surface area contributed by atoms with Gasteiger partial charge < -0.3 is 5.11 Å². The topological polar surface area (TPSA) is 44.0 Å². The first-order valence-electron chi connectivity index (χ1n) is 5.52. The number of hydrogen-bond donors (Lipinski definition) is 1. The Bertz CT molecular complexity index is 448. The van der Waals surface area contributed by atoms with E-state index >= 15 is 0 Å². The van der Waals surface area contributed by atoms with Gasteiger partial charge in [0.1, 0.15) is 6.10 Å². The van der Waals surface area contributed by atoms with Gasteiger partial charge in [-0.2, -0.15) is 5.26 Å². The molecule has 0 aliphatic heterocycles. The zero-order valence-corrected chi connectivity index (χ0v) is 13.4. The van der Waals surface area contributed by atoms with Crippen molar-refractivity contribution >= 4 is 43.2 Å². The quantitative estimate of drug-likeness (QED) is 0.814. The minimum absolute atomic E-state index is 0.524. The van der Waals surface area contributed by atoms with Crippen LogP contribution in [0.3, 0.4) is 0 Å². The molecule has 1 saturated carbocycles. The summed E-state index contributed by atoms with van der Waals surface area (Å²) in [6.07, 6.45) is 1.93. The molecule has 1 aromatic heterocycles. The maximum Gasteiger partial charge on any atom is 0.107 e. The second-order valence-corrected chi connectivity index (χ2v) is 8.04. The van der Waals surface area contributed by atoms with E-state index in [1.807, 2.05) is 6.07 Å². The molecule has 1 N–H and O–H groups in total. The molecular weight excluding hydrogens is 366 g/mol. The van der Waals surface area contributed by atoms with Gasteiger partial charge in [0.2, 0.25) is 0 Å². The van der Waals surface area contributed by atoms with Crippen LogP contribution in [0.1, 0.15) is 37.2 Å². The molecule has 3 atom stereocenters. The third-order valence-electron chi connectivity index (χ3n) is 3.48. The second-order valence-electron chi connectivity index (χ2n) is 4.79. The number of hydrogen-bond acceptors (Lipinski definition) is 3. The minimum Gasteiger partial charge on any atom is -0.386 e. The molecular formula is C12H13Br2NOS. The van der Waals surface area contributed by atoms with Crippen LogP contribution < -0.4 is 0 Å². The van der Waals surface area contributed by atoms with Crippen molar-refractivity contribution in [1.29, 1.82) is 5.26 Å². The molecule has 3 unspecified atom stereocenters. The van der Waals surface area contributed by atoms with Gasteiger partial charge in [-0.05, 0) is 63.1 Å². The fraction of sp³-hybridized carbons (Fsp3) is 0.583. The third-order valence-corrected chi connectivity index (χ3v) is 6.78. The Morgan fingerprint density at radius 3 is 2.76 bits per heavy atom. The molecule has 2 nitrogen and oxygen atoms in total. The summed E-state index contributed by atoms with van der Waals surface area (Å²) >= 11 is 8.33. The molecule has 0 radical (unpaired) electrons. The van der Waals surface area contributed by atoms with E-state index in [4.69, 9.17) is 0 Å². The van der Waals surface area contributed by atoms with Crippen molar-refractivity contribution in [3.63, 3.8) is 0 Å². The fourth-order valence-corrected chi connectivity index (χ4v) is 4.70. The van der Waals surface area contributed by atoms with Crippen molar-refractivity contribution in [2.45, 2.75) is 32.3 Å². The fourth-order valence-electron chi connectivity index (χ4n) is 2.51. The molecule has 1 aliphatic rings. The van der Waals surface area contributed by atoms with Crippen molar-refractivity contribution in [3.8, 4) is 6.07 Å². The Labute approximate surface area is 122 Å². The SMILES string of the molecule is CC1CCC(C#N)(C(O)c2cc(Br)c(Br)s2)C1. The smallest absolute Gasteiger partial charge is 0.107 e. The van der Waals surface area contributed by atoms with E-state index in [0.29, 0.717) is 5.92 Å². The van der Waals surface area contributed by atoms with E-state index in [1.165, 1.54) is 11.3 Å². The van der Waals surface area contributed by atoms with Crippen LogP contribution in [-0.4, -0.2) is 5.11 Å². The van der Waals surface area contributed by atoms with Gasteiger partial charge in [-0.3, -0.25) is 0 Å². The first-order chi connectivity index (χ1) is 7.98. The van der Waals surface area contributed by atoms with Crippen LogP contribution in [0.25, 0.3) is 0 Å². The average Bonchev–Trinajstić information content (AvgIpc) is 2.84. The molecule has 2 rings (SSSR count). The maximum atomic E-state index is 10.5. The molecule has 1 heterocycles. The molecule has 1 fully saturated rings. The molecule has 0 bridgehead atoms. The van der Waals surface area contributed by atoms with Crippen molar-refractivity contribution in [3.05, 3.63) is 19.2 Å². The summed E-state index contributed by atoms with van der Waals surface area (Å²) in [6, 6.07) is 4.27. The summed E-state index contributed by atoms with van der Waals surface area (Å²) in [5.74, 6) is 0.524. The Balaban J connectivity index is 2.30. The predicted molar refractivity (Wildman–Crippen MR) is 75.7 cm³/mol. The number of nitriles is 1. The summed E-state index contributed by atoms with van der Waals surface area (Å²) in [6.45, 7) is 2.14. The van der Waals surface area contributed by atoms with Gasteiger partial charge in [-0.25, -0.2) is 0 Å². The number of halogens is 2. The molecule has 92 valence electrons. The molecule has 1 aliphatic carbocycles. The molecule has 0 amide bonds. The first kappa shape index (κ1) is 13.5. The van der Waals surface area contributed by atoms with Gasteiger partial charge in [0.15, 0.2) is 0 Å². The number of aliphatic hydroxyl groups is 1. The van der Waals surface area contributed by atoms with Crippen LogP contribution in [0, 0.1) is 22.7 Å². The monoisotopic (exact) mass is 377 g/mol. The van der Waals surface area contributed by atoms with Crippen LogP contribution in [0.15, 0.2) is 14.3 Å². The lowest BCUT2D eigenvalue weighted by molar-refractivity contribution is 0.0678. The van der Waals surface area contributed by atoms with Crippen LogP contribution in [0.5, 0.6) is 0 Å². The van der Waals surface area contributed by atoms with E-state index in [2.05, 4.69) is 44.9 Å². The Kier molecular flexibility index (Phi) is 3.99. The third kappa shape index (κ3) is 2.46. The average molecular weight is 379 g/mol. The van der Waals surface area contributed by atoms with Crippen LogP contribution >= 0.6 is 43.2 Å². The second kappa shape index (κ2) is 5.00. The number of thiophene rings is 1. The standard InChI is InChI=1S/C12H13Br2NOS/c1-7-2-3-12(5-7,6-15)10(16)9-4-8(13)11(14)17-9/h4,7,10,16H,2-3,5H2,1H3. The summed E-state index contributed by atoms with van der Waals surface area (Å²) in [5, 5.41) is 19.9. The minimum atomic E-state index is -0.676. The van der Waals surface area contributed by atoms with Gasteiger partial charge in [0.05, 0.1) is 15.3 Å². The Hall–Kier alpha value is 0.110. The van der Waals surface area contributed by atoms with Gasteiger partial charge in [0.25, 0.3) is 0 Å². The van der Waals surface area contributed by atoms with Crippen molar-refractivity contribution in [2.75, 3.05) is 0 Å². The Morgan fingerprint density at radius 1 is 1.65 bits per heavy atom. The van der Waals surface area contributed by atoms with Gasteiger partial charge in [-0.15, -0.1) is 11.3 Å².